The smallest absolute Gasteiger partial charge is 0.262 e. The van der Waals surface area contributed by atoms with Gasteiger partial charge in [0.1, 0.15) is 11.5 Å². The fourth-order valence-corrected chi connectivity index (χ4v) is 4.16. The van der Waals surface area contributed by atoms with Gasteiger partial charge in [0.05, 0.1) is 17.7 Å². The van der Waals surface area contributed by atoms with E-state index in [1.807, 2.05) is 18.2 Å². The molecule has 0 radical (unpaired) electrons. The van der Waals surface area contributed by atoms with Crippen LogP contribution in [0, 0.1) is 0 Å². The first kappa shape index (κ1) is 22.1. The third-order valence-corrected chi connectivity index (χ3v) is 6.24. The van der Waals surface area contributed by atoms with E-state index in [1.54, 1.807) is 6.07 Å². The molecular weight excluding hydrogens is 404 g/mol. The fraction of sp³-hybridized carbons (Fsp3) is 0.409. The molecule has 1 fully saturated rings. The number of sulfonamides is 1. The van der Waals surface area contributed by atoms with Gasteiger partial charge in [0.15, 0.2) is 6.61 Å². The van der Waals surface area contributed by atoms with Gasteiger partial charge in [-0.15, -0.1) is 0 Å². The van der Waals surface area contributed by atoms with Crippen LogP contribution in [0.3, 0.4) is 0 Å². The van der Waals surface area contributed by atoms with Crippen molar-refractivity contribution in [3.63, 3.8) is 0 Å². The predicted octanol–water partition coefficient (Wildman–Crippen LogP) is 3.45. The van der Waals surface area contributed by atoms with Crippen molar-refractivity contribution in [3.8, 4) is 11.5 Å². The summed E-state index contributed by atoms with van der Waals surface area (Å²) in [4.78, 5) is 12.5. The van der Waals surface area contributed by atoms with Crippen LogP contribution >= 0.6 is 0 Å². The minimum atomic E-state index is -3.64. The lowest BCUT2D eigenvalue weighted by atomic mass is 9.87. The number of carbonyl (C=O) groups is 1. The standard InChI is InChI=1S/C22H28N2O5S/c1-22(2,3)15-6-5-7-17(12-15)29-14-21(25)23-19-13-18(10-11-20(19)28-4)30(26,27)24-16-8-9-16/h5-7,10-13,16,24H,8-9,14H2,1-4H3,(H,23,25). The summed E-state index contributed by atoms with van der Waals surface area (Å²) in [7, 11) is -2.19. The second kappa shape index (κ2) is 8.65. The van der Waals surface area contributed by atoms with Crippen LogP contribution in [0.15, 0.2) is 47.4 Å². The fourth-order valence-electron chi connectivity index (χ4n) is 2.83. The first-order chi connectivity index (χ1) is 14.1. The molecule has 1 aliphatic carbocycles. The maximum Gasteiger partial charge on any atom is 0.262 e. The molecular formula is C22H28N2O5S. The second-order valence-corrected chi connectivity index (χ2v) is 10.1. The highest BCUT2D eigenvalue weighted by molar-refractivity contribution is 7.89. The lowest BCUT2D eigenvalue weighted by Crippen LogP contribution is -2.26. The molecule has 0 aromatic heterocycles. The number of nitrogens with one attached hydrogen (secondary N) is 2. The Morgan fingerprint density at radius 2 is 1.87 bits per heavy atom. The van der Waals surface area contributed by atoms with Gasteiger partial charge < -0.3 is 14.8 Å². The average molecular weight is 433 g/mol. The molecule has 30 heavy (non-hydrogen) atoms. The van der Waals surface area contributed by atoms with Gasteiger partial charge in [0.25, 0.3) is 5.91 Å². The SMILES string of the molecule is COc1ccc(S(=O)(=O)NC2CC2)cc1NC(=O)COc1cccc(C(C)(C)C)c1. The summed E-state index contributed by atoms with van der Waals surface area (Å²) in [5, 5.41) is 2.68. The van der Waals surface area contributed by atoms with E-state index >= 15 is 0 Å². The molecule has 0 unspecified atom stereocenters. The molecule has 1 aliphatic rings. The van der Waals surface area contributed by atoms with Gasteiger partial charge in [-0.25, -0.2) is 13.1 Å². The molecule has 1 saturated carbocycles. The van der Waals surface area contributed by atoms with E-state index < -0.39 is 15.9 Å². The first-order valence-electron chi connectivity index (χ1n) is 9.82. The van der Waals surface area contributed by atoms with Gasteiger partial charge in [-0.1, -0.05) is 32.9 Å². The van der Waals surface area contributed by atoms with E-state index in [2.05, 4.69) is 30.8 Å². The Hall–Kier alpha value is -2.58. The van der Waals surface area contributed by atoms with Crippen LogP contribution in [0.2, 0.25) is 0 Å². The van der Waals surface area contributed by atoms with Gasteiger partial charge in [0.2, 0.25) is 10.0 Å². The van der Waals surface area contributed by atoms with Crippen LogP contribution in [0.1, 0.15) is 39.2 Å². The lowest BCUT2D eigenvalue weighted by molar-refractivity contribution is -0.118. The van der Waals surface area contributed by atoms with E-state index in [0.29, 0.717) is 11.5 Å². The minimum absolute atomic E-state index is 0.00703. The number of benzene rings is 2. The molecule has 0 aliphatic heterocycles. The first-order valence-corrected chi connectivity index (χ1v) is 11.3. The Morgan fingerprint density at radius 1 is 1.13 bits per heavy atom. The monoisotopic (exact) mass is 432 g/mol. The number of carbonyl (C=O) groups excluding carboxylic acids is 1. The normalized spacial score (nSPS) is 14.3. The summed E-state index contributed by atoms with van der Waals surface area (Å²) in [6.45, 7) is 6.09. The van der Waals surface area contributed by atoms with E-state index in [1.165, 1.54) is 25.3 Å². The number of hydrogen-bond acceptors (Lipinski definition) is 5. The summed E-state index contributed by atoms with van der Waals surface area (Å²) >= 11 is 0. The topological polar surface area (TPSA) is 93.7 Å². The average Bonchev–Trinajstić information content (AvgIpc) is 3.49. The number of anilines is 1. The highest BCUT2D eigenvalue weighted by Crippen LogP contribution is 2.29. The molecule has 3 rings (SSSR count). The Kier molecular flexibility index (Phi) is 6.38. The Labute approximate surface area is 177 Å². The molecule has 8 heteroatoms. The van der Waals surface area contributed by atoms with Gasteiger partial charge >= 0.3 is 0 Å². The molecule has 2 N–H and O–H groups in total. The van der Waals surface area contributed by atoms with Crippen molar-refractivity contribution in [3.05, 3.63) is 48.0 Å². The zero-order chi connectivity index (χ0) is 21.9. The molecule has 0 atom stereocenters. The quantitative estimate of drug-likeness (QED) is 0.666. The van der Waals surface area contributed by atoms with Crippen molar-refractivity contribution in [2.24, 2.45) is 0 Å². The number of methoxy groups -OCH3 is 1. The predicted molar refractivity (Wildman–Crippen MR) is 116 cm³/mol. The van der Waals surface area contributed by atoms with Crippen molar-refractivity contribution in [2.45, 2.75) is 50.0 Å². The Morgan fingerprint density at radius 3 is 2.50 bits per heavy atom. The van der Waals surface area contributed by atoms with E-state index in [9.17, 15) is 13.2 Å². The zero-order valence-electron chi connectivity index (χ0n) is 17.7. The highest BCUT2D eigenvalue weighted by Gasteiger charge is 2.28. The van der Waals surface area contributed by atoms with Crippen molar-refractivity contribution in [1.82, 2.24) is 4.72 Å². The largest absolute Gasteiger partial charge is 0.495 e. The van der Waals surface area contributed by atoms with Crippen LogP contribution in [0.4, 0.5) is 5.69 Å². The number of hydrogen-bond donors (Lipinski definition) is 2. The maximum absolute atomic E-state index is 12.5. The summed E-state index contributed by atoms with van der Waals surface area (Å²) in [5.41, 5.74) is 1.34. The van der Waals surface area contributed by atoms with E-state index in [-0.39, 0.29) is 28.6 Å². The number of amides is 1. The molecule has 2 aromatic carbocycles. The summed E-state index contributed by atoms with van der Waals surface area (Å²) in [6, 6.07) is 12.0. The van der Waals surface area contributed by atoms with Crippen molar-refractivity contribution in [2.75, 3.05) is 19.0 Å². The lowest BCUT2D eigenvalue weighted by Gasteiger charge is -2.19. The van der Waals surface area contributed by atoms with E-state index in [0.717, 1.165) is 18.4 Å². The molecule has 7 nitrogen and oxygen atoms in total. The van der Waals surface area contributed by atoms with E-state index in [4.69, 9.17) is 9.47 Å². The van der Waals surface area contributed by atoms with Crippen molar-refractivity contribution in [1.29, 1.82) is 0 Å². The van der Waals surface area contributed by atoms with Crippen LogP contribution < -0.4 is 19.5 Å². The summed E-state index contributed by atoms with van der Waals surface area (Å²) < 4.78 is 38.4. The summed E-state index contributed by atoms with van der Waals surface area (Å²) in [5.74, 6) is 0.539. The Bertz CT molecular complexity index is 1020. The third kappa shape index (κ3) is 5.73. The molecule has 162 valence electrons. The van der Waals surface area contributed by atoms with Crippen molar-refractivity contribution < 1.29 is 22.7 Å². The van der Waals surface area contributed by atoms with Crippen LogP contribution in [0.25, 0.3) is 0 Å². The van der Waals surface area contributed by atoms with Gasteiger partial charge in [-0.3, -0.25) is 4.79 Å². The summed E-state index contributed by atoms with van der Waals surface area (Å²) in [6.07, 6.45) is 1.68. The van der Waals surface area contributed by atoms with Crippen LogP contribution in [0.5, 0.6) is 11.5 Å². The molecule has 0 saturated heterocycles. The van der Waals surface area contributed by atoms with Gasteiger partial charge in [-0.2, -0.15) is 0 Å². The van der Waals surface area contributed by atoms with Gasteiger partial charge in [0, 0.05) is 6.04 Å². The van der Waals surface area contributed by atoms with Crippen molar-refractivity contribution >= 4 is 21.6 Å². The highest BCUT2D eigenvalue weighted by atomic mass is 32.2. The molecule has 0 bridgehead atoms. The molecule has 0 spiro atoms. The zero-order valence-corrected chi connectivity index (χ0v) is 18.5. The number of rotatable bonds is 8. The molecule has 1 amide bonds. The second-order valence-electron chi connectivity index (χ2n) is 8.37. The number of ether oxygens (including phenoxy) is 2. The Balaban J connectivity index is 1.69. The molecule has 0 heterocycles. The minimum Gasteiger partial charge on any atom is -0.495 e. The van der Waals surface area contributed by atoms with Crippen LogP contribution in [-0.4, -0.2) is 34.1 Å². The van der Waals surface area contributed by atoms with Gasteiger partial charge in [-0.05, 0) is 54.2 Å². The molecule has 2 aromatic rings. The third-order valence-electron chi connectivity index (χ3n) is 4.72. The maximum atomic E-state index is 12.5. The van der Waals surface area contributed by atoms with Crippen LogP contribution in [-0.2, 0) is 20.2 Å².